The van der Waals surface area contributed by atoms with Crippen molar-refractivity contribution in [3.8, 4) is 0 Å². The molecule has 0 aromatic heterocycles. The van der Waals surface area contributed by atoms with Crippen LogP contribution in [0.3, 0.4) is 0 Å². The van der Waals surface area contributed by atoms with Crippen LogP contribution in [0.1, 0.15) is 57.9 Å². The van der Waals surface area contributed by atoms with Crippen LogP contribution in [0, 0.1) is 5.92 Å². The number of rotatable bonds is 3. The van der Waals surface area contributed by atoms with Gasteiger partial charge in [-0.15, -0.1) is 11.8 Å². The van der Waals surface area contributed by atoms with Crippen molar-refractivity contribution in [3.05, 3.63) is 23.8 Å². The second kappa shape index (κ2) is 7.66. The number of nitrogens with zero attached hydrogens (tertiary/aromatic N) is 1. The van der Waals surface area contributed by atoms with Gasteiger partial charge >= 0.3 is 6.18 Å². The zero-order valence-corrected chi connectivity index (χ0v) is 16.5. The minimum absolute atomic E-state index is 0.00478. The monoisotopic (exact) mass is 401 g/mol. The molecule has 0 spiro atoms. The van der Waals surface area contributed by atoms with Gasteiger partial charge in [0.1, 0.15) is 0 Å². The number of amides is 1. The van der Waals surface area contributed by atoms with Crippen LogP contribution in [0.2, 0.25) is 0 Å². The first-order chi connectivity index (χ1) is 12.6. The SMILES string of the molecule is CC[C@H]1CN(C(=O)C2CCCCC2)c2ccc(C(C)(O)C(F)(F)F)cc2S1. The Hall–Kier alpha value is -1.21. The molecule has 3 rings (SSSR count). The largest absolute Gasteiger partial charge is 0.421 e. The number of halogens is 3. The Kier molecular flexibility index (Phi) is 5.82. The molecule has 0 saturated heterocycles. The van der Waals surface area contributed by atoms with Crippen LogP contribution < -0.4 is 4.90 Å². The first-order valence-electron chi connectivity index (χ1n) is 9.56. The van der Waals surface area contributed by atoms with E-state index in [0.29, 0.717) is 17.1 Å². The molecule has 1 amide bonds. The van der Waals surface area contributed by atoms with Crippen LogP contribution in [-0.4, -0.2) is 29.0 Å². The predicted molar refractivity (Wildman–Crippen MR) is 101 cm³/mol. The van der Waals surface area contributed by atoms with Crippen LogP contribution in [0.5, 0.6) is 0 Å². The lowest BCUT2D eigenvalue weighted by Crippen LogP contribution is -2.43. The Morgan fingerprint density at radius 2 is 1.93 bits per heavy atom. The molecule has 1 aliphatic carbocycles. The van der Waals surface area contributed by atoms with Crippen LogP contribution in [-0.2, 0) is 10.4 Å². The number of alkyl halides is 3. The predicted octanol–water partition coefficient (Wildman–Crippen LogP) is 5.25. The fraction of sp³-hybridized carbons (Fsp3) is 0.650. The summed E-state index contributed by atoms with van der Waals surface area (Å²) in [6.45, 7) is 3.37. The van der Waals surface area contributed by atoms with E-state index in [1.54, 1.807) is 11.0 Å². The number of fused-ring (bicyclic) bond motifs is 1. The van der Waals surface area contributed by atoms with E-state index in [1.807, 2.05) is 6.92 Å². The number of anilines is 1. The first kappa shape index (κ1) is 20.5. The molecule has 1 saturated carbocycles. The third kappa shape index (κ3) is 3.99. The van der Waals surface area contributed by atoms with Gasteiger partial charge in [-0.1, -0.05) is 32.3 Å². The second-order valence-electron chi connectivity index (χ2n) is 7.68. The Bertz CT molecular complexity index is 699. The number of carbonyl (C=O) groups excluding carboxylic acids is 1. The van der Waals surface area contributed by atoms with E-state index in [4.69, 9.17) is 0 Å². The fourth-order valence-electron chi connectivity index (χ4n) is 3.81. The van der Waals surface area contributed by atoms with E-state index >= 15 is 0 Å². The topological polar surface area (TPSA) is 40.5 Å². The van der Waals surface area contributed by atoms with E-state index in [-0.39, 0.29) is 22.6 Å². The van der Waals surface area contributed by atoms with E-state index in [9.17, 15) is 23.1 Å². The number of thioether (sulfide) groups is 1. The third-order valence-corrected chi connectivity index (χ3v) is 7.12. The summed E-state index contributed by atoms with van der Waals surface area (Å²) in [6.07, 6.45) is 1.09. The number of benzene rings is 1. The van der Waals surface area contributed by atoms with E-state index in [2.05, 4.69) is 0 Å². The lowest BCUT2D eigenvalue weighted by molar-refractivity contribution is -0.258. The summed E-state index contributed by atoms with van der Waals surface area (Å²) in [5.74, 6) is 0.0928. The highest BCUT2D eigenvalue weighted by Crippen LogP contribution is 2.45. The van der Waals surface area contributed by atoms with Gasteiger partial charge in [-0.25, -0.2) is 0 Å². The van der Waals surface area contributed by atoms with Gasteiger partial charge in [0.15, 0.2) is 5.60 Å². The Balaban J connectivity index is 1.95. The molecule has 1 N–H and O–H groups in total. The van der Waals surface area contributed by atoms with Crippen molar-refractivity contribution in [1.82, 2.24) is 0 Å². The smallest absolute Gasteiger partial charge is 0.376 e. The first-order valence-corrected chi connectivity index (χ1v) is 10.4. The van der Waals surface area contributed by atoms with E-state index in [0.717, 1.165) is 45.4 Å². The molecule has 7 heteroatoms. The van der Waals surface area contributed by atoms with Gasteiger partial charge in [0.2, 0.25) is 5.91 Å². The van der Waals surface area contributed by atoms with Crippen molar-refractivity contribution in [2.75, 3.05) is 11.4 Å². The molecular formula is C20H26F3NO2S. The second-order valence-corrected chi connectivity index (χ2v) is 9.03. The molecule has 1 unspecified atom stereocenters. The van der Waals surface area contributed by atoms with E-state index in [1.165, 1.54) is 23.9 Å². The van der Waals surface area contributed by atoms with Gasteiger partial charge < -0.3 is 10.0 Å². The maximum atomic E-state index is 13.2. The minimum Gasteiger partial charge on any atom is -0.376 e. The molecule has 2 aliphatic rings. The normalized spacial score (nSPS) is 23.6. The summed E-state index contributed by atoms with van der Waals surface area (Å²) in [5.41, 5.74) is -2.44. The molecule has 1 aromatic rings. The molecule has 150 valence electrons. The van der Waals surface area contributed by atoms with Crippen LogP contribution in [0.15, 0.2) is 23.1 Å². The summed E-state index contributed by atoms with van der Waals surface area (Å²) >= 11 is 1.49. The highest BCUT2D eigenvalue weighted by molar-refractivity contribution is 8.00. The molecule has 3 nitrogen and oxygen atoms in total. The van der Waals surface area contributed by atoms with Crippen molar-refractivity contribution in [2.24, 2.45) is 5.92 Å². The van der Waals surface area contributed by atoms with Crippen LogP contribution in [0.25, 0.3) is 0 Å². The molecule has 1 fully saturated rings. The van der Waals surface area contributed by atoms with Gasteiger partial charge in [-0.2, -0.15) is 13.2 Å². The molecule has 27 heavy (non-hydrogen) atoms. The Morgan fingerprint density at radius 1 is 1.26 bits per heavy atom. The molecule has 1 aromatic carbocycles. The zero-order chi connectivity index (χ0) is 19.8. The summed E-state index contributed by atoms with van der Waals surface area (Å²) in [4.78, 5) is 15.5. The lowest BCUT2D eigenvalue weighted by atomic mass is 9.88. The Morgan fingerprint density at radius 3 is 2.52 bits per heavy atom. The maximum absolute atomic E-state index is 13.2. The summed E-state index contributed by atoms with van der Waals surface area (Å²) in [5, 5.41) is 10.1. The van der Waals surface area contributed by atoms with Crippen molar-refractivity contribution in [3.63, 3.8) is 0 Å². The molecular weight excluding hydrogens is 375 g/mol. The number of carbonyl (C=O) groups is 1. The van der Waals surface area contributed by atoms with Crippen LogP contribution >= 0.6 is 11.8 Å². The quantitative estimate of drug-likeness (QED) is 0.752. The van der Waals surface area contributed by atoms with E-state index < -0.39 is 11.8 Å². The summed E-state index contributed by atoms with van der Waals surface area (Å²) in [6, 6.07) is 4.25. The highest BCUT2D eigenvalue weighted by atomic mass is 32.2. The molecule has 1 heterocycles. The summed E-state index contributed by atoms with van der Waals surface area (Å²) in [7, 11) is 0. The van der Waals surface area contributed by atoms with Crippen molar-refractivity contribution >= 4 is 23.4 Å². The zero-order valence-electron chi connectivity index (χ0n) is 15.7. The third-order valence-electron chi connectivity index (χ3n) is 5.72. The maximum Gasteiger partial charge on any atom is 0.421 e. The van der Waals surface area contributed by atoms with Gasteiger partial charge in [-0.3, -0.25) is 4.79 Å². The average Bonchev–Trinajstić information content (AvgIpc) is 2.65. The Labute approximate surface area is 162 Å². The van der Waals surface area contributed by atoms with Crippen molar-refractivity contribution < 1.29 is 23.1 Å². The van der Waals surface area contributed by atoms with Crippen molar-refractivity contribution in [2.45, 2.75) is 74.3 Å². The number of aliphatic hydroxyl groups is 1. The fourth-order valence-corrected chi connectivity index (χ4v) is 5.05. The standard InChI is InChI=1S/C20H26F3NO2S/c1-3-15-12-24(18(25)13-7-5-4-6-8-13)16-10-9-14(11-17(16)27-15)19(2,26)20(21,22)23/h9-11,13,15,26H,3-8,12H2,1-2H3/t15-,19?/m0/s1. The molecule has 2 atom stereocenters. The number of hydrogen-bond acceptors (Lipinski definition) is 3. The number of hydrogen-bond donors (Lipinski definition) is 1. The van der Waals surface area contributed by atoms with Crippen molar-refractivity contribution in [1.29, 1.82) is 0 Å². The van der Waals surface area contributed by atoms with Gasteiger partial charge in [0.25, 0.3) is 0 Å². The molecule has 0 radical (unpaired) electrons. The average molecular weight is 401 g/mol. The summed E-state index contributed by atoms with van der Waals surface area (Å²) < 4.78 is 39.7. The van der Waals surface area contributed by atoms with Gasteiger partial charge in [0.05, 0.1) is 5.69 Å². The molecule has 0 bridgehead atoms. The molecule has 1 aliphatic heterocycles. The minimum atomic E-state index is -4.76. The van der Waals surface area contributed by atoms with Crippen LogP contribution in [0.4, 0.5) is 18.9 Å². The van der Waals surface area contributed by atoms with Gasteiger partial charge in [0, 0.05) is 22.6 Å². The van der Waals surface area contributed by atoms with Gasteiger partial charge in [-0.05, 0) is 43.9 Å². The lowest BCUT2D eigenvalue weighted by Gasteiger charge is -2.37. The highest BCUT2D eigenvalue weighted by Gasteiger charge is 2.51.